The predicted molar refractivity (Wildman–Crippen MR) is 63.8 cm³/mol. The first-order valence-corrected chi connectivity index (χ1v) is 5.93. The first kappa shape index (κ1) is 11.8. The second-order valence-electron chi connectivity index (χ2n) is 4.58. The molecule has 0 unspecified atom stereocenters. The second kappa shape index (κ2) is 5.12. The summed E-state index contributed by atoms with van der Waals surface area (Å²) in [4.78, 5) is 19.0. The van der Waals surface area contributed by atoms with Gasteiger partial charge in [0.1, 0.15) is 12.1 Å². The Hall–Kier alpha value is -1.65. The van der Waals surface area contributed by atoms with E-state index in [1.807, 2.05) is 13.0 Å². The van der Waals surface area contributed by atoms with Crippen molar-refractivity contribution >= 4 is 11.8 Å². The van der Waals surface area contributed by atoms with Crippen LogP contribution in [0, 0.1) is 12.8 Å². The zero-order chi connectivity index (χ0) is 12.3. The third-order valence-electron chi connectivity index (χ3n) is 3.23. The van der Waals surface area contributed by atoms with Crippen LogP contribution >= 0.6 is 0 Å². The van der Waals surface area contributed by atoms with Gasteiger partial charge in [-0.05, 0) is 32.6 Å². The Kier molecular flexibility index (Phi) is 3.56. The van der Waals surface area contributed by atoms with Crippen molar-refractivity contribution in [1.29, 1.82) is 0 Å². The molecule has 1 aliphatic rings. The number of aliphatic carboxylic acids is 1. The number of hydrogen-bond donors (Lipinski definition) is 2. The van der Waals surface area contributed by atoms with Crippen LogP contribution in [0.3, 0.4) is 0 Å². The van der Waals surface area contributed by atoms with Gasteiger partial charge in [0.25, 0.3) is 0 Å². The number of carbonyl (C=O) groups is 1. The van der Waals surface area contributed by atoms with Gasteiger partial charge < -0.3 is 10.4 Å². The summed E-state index contributed by atoms with van der Waals surface area (Å²) in [6.45, 7) is 1.92. The molecule has 0 aliphatic heterocycles. The molecule has 0 radical (unpaired) electrons. The minimum atomic E-state index is -0.665. The van der Waals surface area contributed by atoms with Crippen LogP contribution in [0.1, 0.15) is 31.4 Å². The Labute approximate surface area is 100 Å². The van der Waals surface area contributed by atoms with Crippen molar-refractivity contribution in [3.05, 3.63) is 18.1 Å². The summed E-state index contributed by atoms with van der Waals surface area (Å²) >= 11 is 0. The third-order valence-corrected chi connectivity index (χ3v) is 3.23. The van der Waals surface area contributed by atoms with E-state index in [9.17, 15) is 4.79 Å². The van der Waals surface area contributed by atoms with Crippen LogP contribution in [-0.2, 0) is 4.79 Å². The summed E-state index contributed by atoms with van der Waals surface area (Å²) in [5.41, 5.74) is 0.932. The van der Waals surface area contributed by atoms with Gasteiger partial charge in [-0.25, -0.2) is 9.97 Å². The Morgan fingerprint density at radius 3 is 2.65 bits per heavy atom. The topological polar surface area (TPSA) is 75.1 Å². The lowest BCUT2D eigenvalue weighted by Crippen LogP contribution is -2.29. The SMILES string of the molecule is Cc1cc(NC2CCC(C(=O)O)CC2)ncn1. The Bertz CT molecular complexity index is 400. The van der Waals surface area contributed by atoms with Crippen molar-refractivity contribution < 1.29 is 9.90 Å². The quantitative estimate of drug-likeness (QED) is 0.836. The van der Waals surface area contributed by atoms with E-state index < -0.39 is 5.97 Å². The van der Waals surface area contributed by atoms with E-state index in [4.69, 9.17) is 5.11 Å². The number of rotatable bonds is 3. The fourth-order valence-corrected chi connectivity index (χ4v) is 2.23. The molecule has 17 heavy (non-hydrogen) atoms. The van der Waals surface area contributed by atoms with Crippen molar-refractivity contribution in [2.75, 3.05) is 5.32 Å². The van der Waals surface area contributed by atoms with E-state index in [-0.39, 0.29) is 5.92 Å². The zero-order valence-corrected chi connectivity index (χ0v) is 9.89. The molecule has 1 aromatic rings. The van der Waals surface area contributed by atoms with Crippen molar-refractivity contribution in [2.24, 2.45) is 5.92 Å². The molecular weight excluding hydrogens is 218 g/mol. The maximum absolute atomic E-state index is 10.8. The number of aromatic nitrogens is 2. The highest BCUT2D eigenvalue weighted by atomic mass is 16.4. The van der Waals surface area contributed by atoms with Crippen LogP contribution in [0.15, 0.2) is 12.4 Å². The third kappa shape index (κ3) is 3.15. The summed E-state index contributed by atoms with van der Waals surface area (Å²) in [6, 6.07) is 2.24. The van der Waals surface area contributed by atoms with E-state index in [0.29, 0.717) is 6.04 Å². The molecule has 0 amide bonds. The number of carboxylic acid groups (broad SMARTS) is 1. The second-order valence-corrected chi connectivity index (χ2v) is 4.58. The predicted octanol–water partition coefficient (Wildman–Crippen LogP) is 1.84. The Morgan fingerprint density at radius 1 is 1.35 bits per heavy atom. The molecular formula is C12H17N3O2. The summed E-state index contributed by atoms with van der Waals surface area (Å²) < 4.78 is 0. The molecule has 0 saturated heterocycles. The number of carboxylic acids is 1. The van der Waals surface area contributed by atoms with Gasteiger partial charge in [-0.2, -0.15) is 0 Å². The van der Waals surface area contributed by atoms with E-state index >= 15 is 0 Å². The lowest BCUT2D eigenvalue weighted by molar-refractivity contribution is -0.142. The molecule has 92 valence electrons. The molecule has 5 nitrogen and oxygen atoms in total. The van der Waals surface area contributed by atoms with Crippen molar-refractivity contribution in [2.45, 2.75) is 38.6 Å². The molecule has 1 aromatic heterocycles. The van der Waals surface area contributed by atoms with Gasteiger partial charge in [0.05, 0.1) is 5.92 Å². The summed E-state index contributed by atoms with van der Waals surface area (Å²) in [6.07, 6.45) is 4.81. The fraction of sp³-hybridized carbons (Fsp3) is 0.583. The van der Waals surface area contributed by atoms with Crippen LogP contribution in [0.25, 0.3) is 0 Å². The highest BCUT2D eigenvalue weighted by molar-refractivity contribution is 5.70. The van der Waals surface area contributed by atoms with Crippen LogP contribution in [0.5, 0.6) is 0 Å². The van der Waals surface area contributed by atoms with E-state index in [1.165, 1.54) is 0 Å². The van der Waals surface area contributed by atoms with Crippen molar-refractivity contribution in [1.82, 2.24) is 9.97 Å². The minimum absolute atomic E-state index is 0.166. The highest BCUT2D eigenvalue weighted by Crippen LogP contribution is 2.26. The van der Waals surface area contributed by atoms with Crippen LogP contribution in [0.4, 0.5) is 5.82 Å². The summed E-state index contributed by atoms with van der Waals surface area (Å²) in [7, 11) is 0. The molecule has 1 fully saturated rings. The molecule has 0 spiro atoms. The van der Waals surface area contributed by atoms with Gasteiger partial charge in [-0.15, -0.1) is 0 Å². The standard InChI is InChI=1S/C12H17N3O2/c1-8-6-11(14-7-13-8)15-10-4-2-9(3-5-10)12(16)17/h6-7,9-10H,2-5H2,1H3,(H,16,17)(H,13,14,15). The summed E-state index contributed by atoms with van der Waals surface area (Å²) in [5.74, 6) is -0.00205. The normalized spacial score (nSPS) is 24.3. The van der Waals surface area contributed by atoms with Gasteiger partial charge in [0.15, 0.2) is 0 Å². The van der Waals surface area contributed by atoms with Gasteiger partial charge >= 0.3 is 5.97 Å². The highest BCUT2D eigenvalue weighted by Gasteiger charge is 2.25. The van der Waals surface area contributed by atoms with Crippen molar-refractivity contribution in [3.63, 3.8) is 0 Å². The monoisotopic (exact) mass is 235 g/mol. The van der Waals surface area contributed by atoms with Gasteiger partial charge in [0.2, 0.25) is 0 Å². The van der Waals surface area contributed by atoms with Crippen LogP contribution < -0.4 is 5.32 Å². The first-order chi connectivity index (χ1) is 8.15. The molecule has 0 aromatic carbocycles. The lowest BCUT2D eigenvalue weighted by atomic mass is 9.86. The first-order valence-electron chi connectivity index (χ1n) is 5.93. The average molecular weight is 235 g/mol. The molecule has 2 N–H and O–H groups in total. The molecule has 1 aliphatic carbocycles. The molecule has 1 heterocycles. The number of nitrogens with zero attached hydrogens (tertiary/aromatic N) is 2. The average Bonchev–Trinajstić information content (AvgIpc) is 2.29. The lowest BCUT2D eigenvalue weighted by Gasteiger charge is -2.27. The minimum Gasteiger partial charge on any atom is -0.481 e. The molecule has 0 bridgehead atoms. The van der Waals surface area contributed by atoms with Gasteiger partial charge in [-0.3, -0.25) is 4.79 Å². The maximum Gasteiger partial charge on any atom is 0.306 e. The number of nitrogens with one attached hydrogen (secondary N) is 1. The number of anilines is 1. The van der Waals surface area contributed by atoms with Crippen LogP contribution in [-0.4, -0.2) is 27.1 Å². The van der Waals surface area contributed by atoms with Crippen molar-refractivity contribution in [3.8, 4) is 0 Å². The molecule has 2 rings (SSSR count). The Balaban J connectivity index is 1.88. The largest absolute Gasteiger partial charge is 0.481 e. The molecule has 5 heteroatoms. The Morgan fingerprint density at radius 2 is 2.06 bits per heavy atom. The number of hydrogen-bond acceptors (Lipinski definition) is 4. The van der Waals surface area contributed by atoms with E-state index in [2.05, 4.69) is 15.3 Å². The maximum atomic E-state index is 10.8. The molecule has 0 atom stereocenters. The molecule has 1 saturated carbocycles. The fourth-order valence-electron chi connectivity index (χ4n) is 2.23. The van der Waals surface area contributed by atoms with Gasteiger partial charge in [0, 0.05) is 17.8 Å². The number of aryl methyl sites for hydroxylation is 1. The smallest absolute Gasteiger partial charge is 0.306 e. The van der Waals surface area contributed by atoms with E-state index in [1.54, 1.807) is 6.33 Å². The van der Waals surface area contributed by atoms with Crippen LogP contribution in [0.2, 0.25) is 0 Å². The zero-order valence-electron chi connectivity index (χ0n) is 9.89. The summed E-state index contributed by atoms with van der Waals surface area (Å²) in [5, 5.41) is 12.2. The van der Waals surface area contributed by atoms with E-state index in [0.717, 1.165) is 37.2 Å². The van der Waals surface area contributed by atoms with Gasteiger partial charge in [-0.1, -0.05) is 0 Å².